The highest BCUT2D eigenvalue weighted by Gasteiger charge is 2.09. The van der Waals surface area contributed by atoms with Crippen molar-refractivity contribution >= 4 is 29.1 Å². The molecule has 0 aromatic heterocycles. The van der Waals surface area contributed by atoms with Crippen molar-refractivity contribution in [2.75, 3.05) is 6.61 Å². The van der Waals surface area contributed by atoms with Crippen molar-refractivity contribution in [1.82, 2.24) is 5.32 Å². The minimum atomic E-state index is -0.203. The number of carbonyl (C=O) groups excluding carboxylic acids is 1. The van der Waals surface area contributed by atoms with Gasteiger partial charge in [0.05, 0.1) is 10.0 Å². The first kappa shape index (κ1) is 13.1. The molecule has 0 aliphatic rings. The zero-order valence-corrected chi connectivity index (χ0v) is 10.6. The van der Waals surface area contributed by atoms with Gasteiger partial charge in [-0.05, 0) is 26.0 Å². The predicted molar refractivity (Wildman–Crippen MR) is 65.2 cm³/mol. The highest BCUT2D eigenvalue weighted by atomic mass is 35.5. The number of halogens is 2. The molecule has 3 nitrogen and oxygen atoms in total. The van der Waals surface area contributed by atoms with Gasteiger partial charge in [0.1, 0.15) is 0 Å². The van der Waals surface area contributed by atoms with Gasteiger partial charge in [0.25, 0.3) is 5.91 Å². The van der Waals surface area contributed by atoms with Gasteiger partial charge in [0, 0.05) is 6.04 Å². The molecule has 1 aromatic rings. The Kier molecular flexibility index (Phi) is 4.90. The molecule has 0 saturated carbocycles. The van der Waals surface area contributed by atoms with Crippen molar-refractivity contribution in [3.8, 4) is 5.75 Å². The standard InChI is InChI=1S/C11H13Cl2NO2/c1-7(2)14-10(15)6-16-11-8(12)4-3-5-9(11)13/h3-5,7H,6H2,1-2H3,(H,14,15). The van der Waals surface area contributed by atoms with E-state index in [-0.39, 0.29) is 18.6 Å². The summed E-state index contributed by atoms with van der Waals surface area (Å²) in [5.74, 6) is 0.135. The summed E-state index contributed by atoms with van der Waals surface area (Å²) in [5, 5.41) is 3.49. The normalized spacial score (nSPS) is 10.3. The first-order valence-corrected chi connectivity index (χ1v) is 5.62. The van der Waals surface area contributed by atoms with Crippen LogP contribution < -0.4 is 10.1 Å². The Morgan fingerprint density at radius 1 is 1.38 bits per heavy atom. The van der Waals surface area contributed by atoms with Crippen LogP contribution in [0, 0.1) is 0 Å². The van der Waals surface area contributed by atoms with Gasteiger partial charge in [-0.15, -0.1) is 0 Å². The molecule has 0 aliphatic heterocycles. The van der Waals surface area contributed by atoms with Gasteiger partial charge in [-0.1, -0.05) is 29.3 Å². The third-order valence-corrected chi connectivity index (χ3v) is 2.31. The average Bonchev–Trinajstić information content (AvgIpc) is 2.15. The molecule has 0 fully saturated rings. The second-order valence-electron chi connectivity index (χ2n) is 3.56. The Balaban J connectivity index is 2.58. The molecule has 0 aliphatic carbocycles. The van der Waals surface area contributed by atoms with E-state index in [1.165, 1.54) is 0 Å². The molecular formula is C11H13Cl2NO2. The fourth-order valence-electron chi connectivity index (χ4n) is 1.12. The molecule has 1 aromatic carbocycles. The van der Waals surface area contributed by atoms with Crippen molar-refractivity contribution < 1.29 is 9.53 Å². The van der Waals surface area contributed by atoms with Crippen LogP contribution in [0.4, 0.5) is 0 Å². The van der Waals surface area contributed by atoms with E-state index in [0.29, 0.717) is 15.8 Å². The lowest BCUT2D eigenvalue weighted by atomic mass is 10.3. The lowest BCUT2D eigenvalue weighted by Crippen LogP contribution is -2.34. The molecule has 5 heteroatoms. The molecule has 0 radical (unpaired) electrons. The number of para-hydroxylation sites is 1. The van der Waals surface area contributed by atoms with E-state index in [9.17, 15) is 4.79 Å². The summed E-state index contributed by atoms with van der Waals surface area (Å²) < 4.78 is 5.25. The third-order valence-electron chi connectivity index (χ3n) is 1.72. The van der Waals surface area contributed by atoms with E-state index in [4.69, 9.17) is 27.9 Å². The number of ether oxygens (including phenoxy) is 1. The number of hydrogen-bond donors (Lipinski definition) is 1. The van der Waals surface area contributed by atoms with Gasteiger partial charge in [0.15, 0.2) is 12.4 Å². The zero-order chi connectivity index (χ0) is 12.1. The van der Waals surface area contributed by atoms with Gasteiger partial charge in [-0.25, -0.2) is 0 Å². The largest absolute Gasteiger partial charge is 0.481 e. The summed E-state index contributed by atoms with van der Waals surface area (Å²) in [7, 11) is 0. The van der Waals surface area contributed by atoms with Crippen LogP contribution >= 0.6 is 23.2 Å². The van der Waals surface area contributed by atoms with E-state index in [0.717, 1.165) is 0 Å². The Hall–Kier alpha value is -0.930. The molecule has 1 amide bonds. The minimum absolute atomic E-state index is 0.0813. The van der Waals surface area contributed by atoms with Crippen molar-refractivity contribution in [2.24, 2.45) is 0 Å². The van der Waals surface area contributed by atoms with E-state index in [2.05, 4.69) is 5.32 Å². The highest BCUT2D eigenvalue weighted by molar-refractivity contribution is 6.37. The molecule has 0 spiro atoms. The fourth-order valence-corrected chi connectivity index (χ4v) is 1.63. The average molecular weight is 262 g/mol. The quantitative estimate of drug-likeness (QED) is 0.906. The van der Waals surface area contributed by atoms with Gasteiger partial charge >= 0.3 is 0 Å². The SMILES string of the molecule is CC(C)NC(=O)COc1c(Cl)cccc1Cl. The number of amides is 1. The Morgan fingerprint density at radius 3 is 2.44 bits per heavy atom. The smallest absolute Gasteiger partial charge is 0.258 e. The van der Waals surface area contributed by atoms with E-state index >= 15 is 0 Å². The molecular weight excluding hydrogens is 249 g/mol. The summed E-state index contributed by atoms with van der Waals surface area (Å²) in [5.41, 5.74) is 0. The predicted octanol–water partition coefficient (Wildman–Crippen LogP) is 2.90. The molecule has 16 heavy (non-hydrogen) atoms. The molecule has 0 atom stereocenters. The van der Waals surface area contributed by atoms with Crippen molar-refractivity contribution in [3.05, 3.63) is 28.2 Å². The maximum absolute atomic E-state index is 11.3. The first-order chi connectivity index (χ1) is 7.50. The zero-order valence-electron chi connectivity index (χ0n) is 9.09. The second kappa shape index (κ2) is 5.97. The lowest BCUT2D eigenvalue weighted by molar-refractivity contribution is -0.123. The number of rotatable bonds is 4. The monoisotopic (exact) mass is 261 g/mol. The third kappa shape index (κ3) is 3.91. The van der Waals surface area contributed by atoms with Crippen molar-refractivity contribution in [2.45, 2.75) is 19.9 Å². The summed E-state index contributed by atoms with van der Waals surface area (Å²) in [4.78, 5) is 11.3. The molecule has 1 rings (SSSR count). The van der Waals surface area contributed by atoms with Gasteiger partial charge in [0.2, 0.25) is 0 Å². The van der Waals surface area contributed by atoms with Gasteiger partial charge in [-0.3, -0.25) is 4.79 Å². The van der Waals surface area contributed by atoms with Crippen LogP contribution in [0.5, 0.6) is 5.75 Å². The Bertz CT molecular complexity index is 360. The van der Waals surface area contributed by atoms with Crippen LogP contribution in [-0.2, 0) is 4.79 Å². The summed E-state index contributed by atoms with van der Waals surface area (Å²) in [6.07, 6.45) is 0. The first-order valence-electron chi connectivity index (χ1n) is 4.87. The minimum Gasteiger partial charge on any atom is -0.481 e. The van der Waals surface area contributed by atoms with Gasteiger partial charge in [-0.2, -0.15) is 0 Å². The molecule has 0 unspecified atom stereocenters. The summed E-state index contributed by atoms with van der Waals surface area (Å²) >= 11 is 11.8. The highest BCUT2D eigenvalue weighted by Crippen LogP contribution is 2.32. The Labute approximate surface area is 105 Å². The maximum atomic E-state index is 11.3. The van der Waals surface area contributed by atoms with Crippen LogP contribution in [0.25, 0.3) is 0 Å². The van der Waals surface area contributed by atoms with E-state index < -0.39 is 0 Å². The molecule has 1 N–H and O–H groups in total. The van der Waals surface area contributed by atoms with Crippen molar-refractivity contribution in [3.63, 3.8) is 0 Å². The Morgan fingerprint density at radius 2 is 1.94 bits per heavy atom. The summed E-state index contributed by atoms with van der Waals surface area (Å²) in [6.45, 7) is 3.66. The topological polar surface area (TPSA) is 38.3 Å². The molecule has 0 bridgehead atoms. The van der Waals surface area contributed by atoms with Crippen LogP contribution in [-0.4, -0.2) is 18.6 Å². The lowest BCUT2D eigenvalue weighted by Gasteiger charge is -2.11. The number of benzene rings is 1. The molecule has 0 heterocycles. The second-order valence-corrected chi connectivity index (χ2v) is 4.38. The molecule has 0 saturated heterocycles. The van der Waals surface area contributed by atoms with Crippen LogP contribution in [0.2, 0.25) is 10.0 Å². The summed E-state index contributed by atoms with van der Waals surface area (Å²) in [6, 6.07) is 5.11. The molecule has 88 valence electrons. The number of carbonyl (C=O) groups is 1. The van der Waals surface area contributed by atoms with Gasteiger partial charge < -0.3 is 10.1 Å². The van der Waals surface area contributed by atoms with E-state index in [1.54, 1.807) is 18.2 Å². The van der Waals surface area contributed by atoms with Crippen LogP contribution in [0.1, 0.15) is 13.8 Å². The fraction of sp³-hybridized carbons (Fsp3) is 0.364. The van der Waals surface area contributed by atoms with E-state index in [1.807, 2.05) is 13.8 Å². The van der Waals surface area contributed by atoms with Crippen molar-refractivity contribution in [1.29, 1.82) is 0 Å². The van der Waals surface area contributed by atoms with Crippen LogP contribution in [0.3, 0.4) is 0 Å². The maximum Gasteiger partial charge on any atom is 0.258 e. The number of nitrogens with one attached hydrogen (secondary N) is 1. The number of hydrogen-bond acceptors (Lipinski definition) is 2. The van der Waals surface area contributed by atoms with Crippen LogP contribution in [0.15, 0.2) is 18.2 Å².